The maximum atomic E-state index is 13.4. The molecular weight excluding hydrogens is 390 g/mol. The molecule has 1 aliphatic heterocycles. The van der Waals surface area contributed by atoms with Gasteiger partial charge in [0.1, 0.15) is 11.2 Å². The molecule has 3 heterocycles. The number of nitrogens with one attached hydrogen (secondary N) is 2. The molecule has 1 unspecified atom stereocenters. The first-order valence-electron chi connectivity index (χ1n) is 9.86. The molecule has 0 spiro atoms. The summed E-state index contributed by atoms with van der Waals surface area (Å²) in [4.78, 5) is 31.3. The quantitative estimate of drug-likeness (QED) is 0.676. The largest absolute Gasteiger partial charge is 0.350 e. The van der Waals surface area contributed by atoms with Gasteiger partial charge < -0.3 is 15.2 Å². The third-order valence-electron chi connectivity index (χ3n) is 5.67. The third-order valence-corrected chi connectivity index (χ3v) is 6.00. The Morgan fingerprint density at radius 3 is 2.86 bits per heavy atom. The van der Waals surface area contributed by atoms with Crippen molar-refractivity contribution in [2.75, 3.05) is 11.9 Å². The minimum atomic E-state index is -0.952. The Hall–Kier alpha value is -2.80. The zero-order valence-corrected chi connectivity index (χ0v) is 17.3. The molecule has 1 atom stereocenters. The van der Waals surface area contributed by atoms with Crippen LogP contribution in [0.1, 0.15) is 43.6 Å². The Morgan fingerprint density at radius 2 is 2.14 bits per heavy atom. The maximum Gasteiger partial charge on any atom is 0.271 e. The lowest BCUT2D eigenvalue weighted by atomic mass is 9.87. The number of nitrogens with zero attached hydrogens (tertiary/aromatic N) is 3. The second kappa shape index (κ2) is 7.55. The molecule has 1 aliphatic rings. The summed E-state index contributed by atoms with van der Waals surface area (Å²) in [6.07, 6.45) is 4.16. The van der Waals surface area contributed by atoms with Crippen LogP contribution in [-0.4, -0.2) is 43.6 Å². The van der Waals surface area contributed by atoms with Crippen LogP contribution in [0.5, 0.6) is 0 Å². The number of likely N-dealkylation sites (tertiary alicyclic amines) is 1. The van der Waals surface area contributed by atoms with E-state index in [2.05, 4.69) is 15.4 Å². The topological polar surface area (TPSA) is 83.0 Å². The molecule has 1 aromatic carbocycles. The highest BCUT2D eigenvalue weighted by Crippen LogP contribution is 2.32. The van der Waals surface area contributed by atoms with Crippen LogP contribution in [0.4, 0.5) is 5.82 Å². The lowest BCUT2D eigenvalue weighted by Crippen LogP contribution is -2.59. The molecule has 4 rings (SSSR count). The average molecular weight is 414 g/mol. The number of fused-ring (bicyclic) bond motifs is 1. The fourth-order valence-electron chi connectivity index (χ4n) is 3.92. The summed E-state index contributed by atoms with van der Waals surface area (Å²) in [6.45, 7) is 5.05. The number of hydrogen-bond donors (Lipinski definition) is 2. The fraction of sp³-hybridized carbons (Fsp3) is 0.381. The van der Waals surface area contributed by atoms with Gasteiger partial charge in [0.2, 0.25) is 0 Å². The average Bonchev–Trinajstić information content (AvgIpc) is 3.35. The van der Waals surface area contributed by atoms with Crippen LogP contribution in [-0.2, 0) is 11.3 Å². The Kier molecular flexibility index (Phi) is 5.08. The molecule has 0 saturated carbocycles. The van der Waals surface area contributed by atoms with Gasteiger partial charge in [-0.05, 0) is 51.3 Å². The summed E-state index contributed by atoms with van der Waals surface area (Å²) in [6, 6.07) is 9.03. The summed E-state index contributed by atoms with van der Waals surface area (Å²) >= 11 is 6.25. The molecule has 2 N–H and O–H groups in total. The summed E-state index contributed by atoms with van der Waals surface area (Å²) in [5.41, 5.74) is 0.283. The normalized spacial score (nSPS) is 19.5. The van der Waals surface area contributed by atoms with Crippen molar-refractivity contribution in [2.24, 2.45) is 0 Å². The van der Waals surface area contributed by atoms with E-state index >= 15 is 0 Å². The van der Waals surface area contributed by atoms with Crippen LogP contribution in [0.2, 0.25) is 5.02 Å². The summed E-state index contributed by atoms with van der Waals surface area (Å²) in [7, 11) is 0. The third kappa shape index (κ3) is 3.51. The van der Waals surface area contributed by atoms with Crippen molar-refractivity contribution in [1.29, 1.82) is 0 Å². The fourth-order valence-corrected chi connectivity index (χ4v) is 4.15. The first-order chi connectivity index (χ1) is 13.9. The lowest BCUT2D eigenvalue weighted by Gasteiger charge is -2.43. The number of carbonyl (C=O) groups excluding carboxylic acids is 2. The first kappa shape index (κ1) is 19.5. The van der Waals surface area contributed by atoms with Crippen LogP contribution < -0.4 is 5.32 Å². The smallest absolute Gasteiger partial charge is 0.271 e. The Morgan fingerprint density at radius 1 is 1.31 bits per heavy atom. The van der Waals surface area contributed by atoms with E-state index in [1.54, 1.807) is 27.8 Å². The van der Waals surface area contributed by atoms with Crippen LogP contribution in [0.3, 0.4) is 0 Å². The second-order valence-corrected chi connectivity index (χ2v) is 7.99. The number of hydrogen-bond acceptors (Lipinski definition) is 3. The number of halogens is 1. The number of aromatic nitrogens is 3. The van der Waals surface area contributed by atoms with Crippen molar-refractivity contribution < 1.29 is 9.59 Å². The van der Waals surface area contributed by atoms with E-state index in [9.17, 15) is 9.59 Å². The number of amides is 2. The van der Waals surface area contributed by atoms with Crippen molar-refractivity contribution in [2.45, 2.75) is 45.2 Å². The van der Waals surface area contributed by atoms with Crippen LogP contribution in [0.25, 0.3) is 10.9 Å². The van der Waals surface area contributed by atoms with Gasteiger partial charge in [0.25, 0.3) is 11.8 Å². The number of aromatic amines is 1. The van der Waals surface area contributed by atoms with Crippen molar-refractivity contribution >= 4 is 40.1 Å². The van der Waals surface area contributed by atoms with E-state index in [1.165, 1.54) is 0 Å². The first-order valence-corrected chi connectivity index (χ1v) is 10.2. The molecule has 0 aliphatic carbocycles. The monoisotopic (exact) mass is 413 g/mol. The molecule has 7 nitrogen and oxygen atoms in total. The van der Waals surface area contributed by atoms with Gasteiger partial charge in [-0.3, -0.25) is 14.3 Å². The number of rotatable bonds is 4. The molecule has 0 bridgehead atoms. The molecule has 2 amide bonds. The number of anilines is 1. The van der Waals surface area contributed by atoms with E-state index in [0.29, 0.717) is 29.5 Å². The molecule has 152 valence electrons. The van der Waals surface area contributed by atoms with Gasteiger partial charge in [-0.2, -0.15) is 5.10 Å². The van der Waals surface area contributed by atoms with Crippen molar-refractivity contribution in [1.82, 2.24) is 19.7 Å². The Labute approximate surface area is 174 Å². The van der Waals surface area contributed by atoms with Crippen molar-refractivity contribution in [3.63, 3.8) is 0 Å². The van der Waals surface area contributed by atoms with Crippen molar-refractivity contribution in [3.8, 4) is 0 Å². The Balaban J connectivity index is 1.62. The van der Waals surface area contributed by atoms with Crippen LogP contribution in [0, 0.1) is 0 Å². The summed E-state index contributed by atoms with van der Waals surface area (Å²) < 4.78 is 1.75. The van der Waals surface area contributed by atoms with E-state index in [-0.39, 0.29) is 11.8 Å². The van der Waals surface area contributed by atoms with Gasteiger partial charge in [-0.15, -0.1) is 0 Å². The SMILES string of the molecule is CCn1ccc(NC(=O)C2(C)CCCCN2C(=O)c2cc3c(Cl)cccc3[nH]2)n1. The van der Waals surface area contributed by atoms with E-state index in [0.717, 1.165) is 30.3 Å². The second-order valence-electron chi connectivity index (χ2n) is 7.58. The molecule has 8 heteroatoms. The zero-order valence-electron chi connectivity index (χ0n) is 16.5. The van der Waals surface area contributed by atoms with Gasteiger partial charge in [-0.1, -0.05) is 17.7 Å². The zero-order chi connectivity index (χ0) is 20.6. The highest BCUT2D eigenvalue weighted by Gasteiger charge is 2.44. The number of piperidine rings is 1. The molecule has 3 aromatic rings. The lowest BCUT2D eigenvalue weighted by molar-refractivity contribution is -0.127. The van der Waals surface area contributed by atoms with Gasteiger partial charge in [0, 0.05) is 41.3 Å². The number of H-pyrrole nitrogens is 1. The predicted molar refractivity (Wildman–Crippen MR) is 113 cm³/mol. The van der Waals surface area contributed by atoms with E-state index in [4.69, 9.17) is 11.6 Å². The minimum absolute atomic E-state index is 0.200. The highest BCUT2D eigenvalue weighted by atomic mass is 35.5. The van der Waals surface area contributed by atoms with Crippen molar-refractivity contribution in [3.05, 3.63) is 47.2 Å². The predicted octanol–water partition coefficient (Wildman–Crippen LogP) is 4.06. The van der Waals surface area contributed by atoms with Gasteiger partial charge in [-0.25, -0.2) is 0 Å². The molecule has 1 saturated heterocycles. The molecule has 1 fully saturated rings. The molecule has 29 heavy (non-hydrogen) atoms. The summed E-state index contributed by atoms with van der Waals surface area (Å²) in [5.74, 6) is 0.0724. The maximum absolute atomic E-state index is 13.4. The number of benzene rings is 1. The molecule has 0 radical (unpaired) electrons. The summed E-state index contributed by atoms with van der Waals surface area (Å²) in [5, 5.41) is 8.59. The number of carbonyl (C=O) groups is 2. The van der Waals surface area contributed by atoms with E-state index < -0.39 is 5.54 Å². The minimum Gasteiger partial charge on any atom is -0.350 e. The van der Waals surface area contributed by atoms with E-state index in [1.807, 2.05) is 32.2 Å². The standard InChI is InChI=1S/C21H24ClN5O2/c1-3-26-12-9-18(25-26)24-20(29)21(2)10-4-5-11-27(21)19(28)17-13-14-15(22)7-6-8-16(14)23-17/h6-9,12-13,23H,3-5,10-11H2,1-2H3,(H,24,25,29). The highest BCUT2D eigenvalue weighted by molar-refractivity contribution is 6.35. The number of aryl methyl sites for hydroxylation is 1. The van der Waals surface area contributed by atoms with Gasteiger partial charge >= 0.3 is 0 Å². The van der Waals surface area contributed by atoms with Crippen LogP contribution >= 0.6 is 11.6 Å². The van der Waals surface area contributed by atoms with Gasteiger partial charge in [0.05, 0.1) is 0 Å². The molecular formula is C21H24ClN5O2. The molecule has 2 aromatic heterocycles. The van der Waals surface area contributed by atoms with Crippen LogP contribution in [0.15, 0.2) is 36.5 Å². The van der Waals surface area contributed by atoms with Gasteiger partial charge in [0.15, 0.2) is 5.82 Å². The Bertz CT molecular complexity index is 1070.